The molecule has 0 fully saturated rings. The molecule has 0 aromatic carbocycles. The van der Waals surface area contributed by atoms with Gasteiger partial charge in [0, 0.05) is 12.4 Å². The van der Waals surface area contributed by atoms with Gasteiger partial charge in [-0.2, -0.15) is 0 Å². The zero-order valence-corrected chi connectivity index (χ0v) is 4.06. The Morgan fingerprint density at radius 3 is 2.57 bits per heavy atom. The average Bonchev–Trinajstić information content (AvgIpc) is 1.61. The molecule has 1 N–H and O–H groups in total. The fraction of sp³-hybridized carbons (Fsp3) is 0.500. The molecule has 0 aromatic heterocycles. The van der Waals surface area contributed by atoms with Gasteiger partial charge in [-0.1, -0.05) is 0 Å². The maximum atomic E-state index is 11.6. The molecular weight excluding hydrogens is 95.1 g/mol. The summed E-state index contributed by atoms with van der Waals surface area (Å²) in [5.74, 6) is 0. The van der Waals surface area contributed by atoms with Crippen molar-refractivity contribution in [3.05, 3.63) is 0 Å². The number of hydrogen-bond donors (Lipinski definition) is 1. The van der Waals surface area contributed by atoms with Crippen LogP contribution in [-0.4, -0.2) is 18.7 Å². The average molecular weight is 102 g/mol. The second-order valence-electron chi connectivity index (χ2n) is 1.04. The number of rotatable bonds is 2. The summed E-state index contributed by atoms with van der Waals surface area (Å²) in [4.78, 5) is 3.21. The minimum atomic E-state index is -1.18. The Labute approximate surface area is 41.6 Å². The molecule has 0 saturated carbocycles. The van der Waals surface area contributed by atoms with Gasteiger partial charge < -0.3 is 5.41 Å². The summed E-state index contributed by atoms with van der Waals surface area (Å²) in [5.41, 5.74) is 0. The van der Waals surface area contributed by atoms with Gasteiger partial charge in [0.2, 0.25) is 0 Å². The van der Waals surface area contributed by atoms with Gasteiger partial charge in [0.25, 0.3) is 0 Å². The van der Waals surface area contributed by atoms with Gasteiger partial charge in [0.05, 0.1) is 0 Å². The van der Waals surface area contributed by atoms with E-state index >= 15 is 0 Å². The van der Waals surface area contributed by atoms with Gasteiger partial charge >= 0.3 is 0 Å². The standard InChI is InChI=1S/C4H7FN2/c1-4(5)7-3-2-6/h2-4,6H,1H3. The van der Waals surface area contributed by atoms with Gasteiger partial charge in [-0.15, -0.1) is 0 Å². The first-order chi connectivity index (χ1) is 3.27. The second kappa shape index (κ2) is 3.46. The molecule has 0 rings (SSSR count). The quantitative estimate of drug-likeness (QED) is 0.399. The highest BCUT2D eigenvalue weighted by Crippen LogP contribution is 1.84. The van der Waals surface area contributed by atoms with Crippen molar-refractivity contribution in [3.63, 3.8) is 0 Å². The van der Waals surface area contributed by atoms with Crippen molar-refractivity contribution in [3.8, 4) is 0 Å². The summed E-state index contributed by atoms with van der Waals surface area (Å²) >= 11 is 0. The molecule has 0 amide bonds. The van der Waals surface area contributed by atoms with Crippen LogP contribution < -0.4 is 0 Å². The van der Waals surface area contributed by atoms with Crippen molar-refractivity contribution >= 4 is 12.4 Å². The Bertz CT molecular complexity index is 77.8. The molecule has 0 saturated heterocycles. The minimum absolute atomic E-state index is 0.941. The van der Waals surface area contributed by atoms with Crippen molar-refractivity contribution < 1.29 is 4.39 Å². The van der Waals surface area contributed by atoms with Crippen LogP contribution in [0, 0.1) is 5.41 Å². The van der Waals surface area contributed by atoms with E-state index in [1.54, 1.807) is 0 Å². The summed E-state index contributed by atoms with van der Waals surface area (Å²) in [5, 5.41) is 6.36. The molecule has 0 aromatic rings. The molecule has 0 radical (unpaired) electrons. The van der Waals surface area contributed by atoms with Crippen LogP contribution in [0.1, 0.15) is 6.92 Å². The summed E-state index contributed by atoms with van der Waals surface area (Å²) in [6, 6.07) is 0. The number of aliphatic imine (C=N–C) groups is 1. The van der Waals surface area contributed by atoms with Crippen molar-refractivity contribution in [2.45, 2.75) is 13.2 Å². The molecular formula is C4H7FN2. The molecule has 3 heteroatoms. The number of hydrogen-bond acceptors (Lipinski definition) is 2. The fourth-order valence-electron chi connectivity index (χ4n) is 0.162. The Morgan fingerprint density at radius 1 is 1.86 bits per heavy atom. The lowest BCUT2D eigenvalue weighted by Crippen LogP contribution is -1.85. The van der Waals surface area contributed by atoms with Crippen LogP contribution in [0.15, 0.2) is 4.99 Å². The van der Waals surface area contributed by atoms with E-state index in [1.165, 1.54) is 6.92 Å². The van der Waals surface area contributed by atoms with Crippen molar-refractivity contribution in [2.24, 2.45) is 4.99 Å². The molecule has 40 valence electrons. The Morgan fingerprint density at radius 2 is 2.43 bits per heavy atom. The normalized spacial score (nSPS) is 14.6. The number of nitrogens with zero attached hydrogens (tertiary/aromatic N) is 1. The van der Waals surface area contributed by atoms with Crippen LogP contribution >= 0.6 is 0 Å². The third kappa shape index (κ3) is 5.27. The van der Waals surface area contributed by atoms with E-state index in [2.05, 4.69) is 4.99 Å². The molecule has 0 spiro atoms. The first-order valence-electron chi connectivity index (χ1n) is 1.93. The third-order valence-corrected chi connectivity index (χ3v) is 0.366. The summed E-state index contributed by atoms with van der Waals surface area (Å²) < 4.78 is 11.6. The van der Waals surface area contributed by atoms with Gasteiger partial charge in [-0.05, 0) is 6.92 Å². The SMILES string of the molecule is CC(F)N=CC=N. The highest BCUT2D eigenvalue weighted by Gasteiger charge is 1.83. The summed E-state index contributed by atoms with van der Waals surface area (Å²) in [6.45, 7) is 1.31. The maximum Gasteiger partial charge on any atom is 0.187 e. The highest BCUT2D eigenvalue weighted by atomic mass is 19.1. The van der Waals surface area contributed by atoms with Crippen LogP contribution in [0.25, 0.3) is 0 Å². The van der Waals surface area contributed by atoms with Gasteiger partial charge in [-0.3, -0.25) is 4.99 Å². The van der Waals surface area contributed by atoms with Gasteiger partial charge in [0.1, 0.15) is 0 Å². The minimum Gasteiger partial charge on any atom is -0.307 e. The molecule has 1 atom stereocenters. The van der Waals surface area contributed by atoms with E-state index in [1.807, 2.05) is 0 Å². The van der Waals surface area contributed by atoms with E-state index in [0.717, 1.165) is 12.4 Å². The Balaban J connectivity index is 3.25. The van der Waals surface area contributed by atoms with Crippen LogP contribution in [0.4, 0.5) is 4.39 Å². The van der Waals surface area contributed by atoms with Crippen LogP contribution in [0.5, 0.6) is 0 Å². The van der Waals surface area contributed by atoms with Gasteiger partial charge in [0.15, 0.2) is 6.30 Å². The second-order valence-corrected chi connectivity index (χ2v) is 1.04. The van der Waals surface area contributed by atoms with E-state index in [-0.39, 0.29) is 0 Å². The maximum absolute atomic E-state index is 11.6. The molecule has 0 heterocycles. The molecule has 1 unspecified atom stereocenters. The van der Waals surface area contributed by atoms with Crippen molar-refractivity contribution in [1.82, 2.24) is 0 Å². The Hall–Kier alpha value is -0.730. The first kappa shape index (κ1) is 6.27. The predicted octanol–water partition coefficient (Wildman–Crippen LogP) is 1.02. The first-order valence-corrected chi connectivity index (χ1v) is 1.93. The van der Waals surface area contributed by atoms with Crippen LogP contribution in [0.2, 0.25) is 0 Å². The molecule has 0 aliphatic carbocycles. The third-order valence-electron chi connectivity index (χ3n) is 0.366. The molecule has 0 aliphatic heterocycles. The predicted molar refractivity (Wildman–Crippen MR) is 27.8 cm³/mol. The smallest absolute Gasteiger partial charge is 0.187 e. The Kier molecular flexibility index (Phi) is 3.10. The zero-order valence-electron chi connectivity index (χ0n) is 4.06. The lowest BCUT2D eigenvalue weighted by Gasteiger charge is -1.83. The number of nitrogens with one attached hydrogen (secondary N) is 1. The number of halogens is 1. The summed E-state index contributed by atoms with van der Waals surface area (Å²) in [6.07, 6.45) is 0.877. The molecule has 2 nitrogen and oxygen atoms in total. The van der Waals surface area contributed by atoms with E-state index < -0.39 is 6.30 Å². The molecule has 7 heavy (non-hydrogen) atoms. The van der Waals surface area contributed by atoms with Crippen LogP contribution in [-0.2, 0) is 0 Å². The largest absolute Gasteiger partial charge is 0.307 e. The highest BCUT2D eigenvalue weighted by molar-refractivity contribution is 6.14. The topological polar surface area (TPSA) is 36.2 Å². The molecule has 0 bridgehead atoms. The lowest BCUT2D eigenvalue weighted by atomic mass is 10.7. The van der Waals surface area contributed by atoms with Gasteiger partial charge in [-0.25, -0.2) is 4.39 Å². The lowest BCUT2D eigenvalue weighted by molar-refractivity contribution is 0.378. The van der Waals surface area contributed by atoms with Crippen molar-refractivity contribution in [2.75, 3.05) is 0 Å². The van der Waals surface area contributed by atoms with Crippen molar-refractivity contribution in [1.29, 1.82) is 5.41 Å². The van der Waals surface area contributed by atoms with E-state index in [0.29, 0.717) is 0 Å². The zero-order chi connectivity index (χ0) is 5.70. The monoisotopic (exact) mass is 102 g/mol. The fourth-order valence-corrected chi connectivity index (χ4v) is 0.162. The van der Waals surface area contributed by atoms with E-state index in [9.17, 15) is 4.39 Å². The summed E-state index contributed by atoms with van der Waals surface area (Å²) in [7, 11) is 0. The van der Waals surface area contributed by atoms with E-state index in [4.69, 9.17) is 5.41 Å². The number of alkyl halides is 1. The van der Waals surface area contributed by atoms with Crippen LogP contribution in [0.3, 0.4) is 0 Å². The molecule has 0 aliphatic rings.